The molecule has 1 aliphatic rings. The van der Waals surface area contributed by atoms with Gasteiger partial charge in [-0.3, -0.25) is 9.59 Å². The molecule has 0 spiro atoms. The Balaban J connectivity index is 1.69. The molecule has 1 saturated heterocycles. The molecule has 0 unspecified atom stereocenters. The van der Waals surface area contributed by atoms with Crippen LogP contribution >= 0.6 is 0 Å². The van der Waals surface area contributed by atoms with Gasteiger partial charge in [-0.25, -0.2) is 0 Å². The van der Waals surface area contributed by atoms with E-state index >= 15 is 0 Å². The number of hydrogen-bond donors (Lipinski definition) is 0. The first-order valence-corrected chi connectivity index (χ1v) is 8.21. The van der Waals surface area contributed by atoms with Gasteiger partial charge in [0.05, 0.1) is 13.0 Å². The van der Waals surface area contributed by atoms with E-state index in [0.717, 1.165) is 16.8 Å². The van der Waals surface area contributed by atoms with Crippen LogP contribution in [0.5, 0.6) is 11.5 Å². The number of benzene rings is 2. The van der Waals surface area contributed by atoms with Crippen LogP contribution in [0, 0.1) is 19.8 Å². The van der Waals surface area contributed by atoms with Gasteiger partial charge >= 0.3 is 5.97 Å². The van der Waals surface area contributed by atoms with E-state index in [1.807, 2.05) is 32.0 Å². The highest BCUT2D eigenvalue weighted by molar-refractivity contribution is 6.00. The quantitative estimate of drug-likeness (QED) is 0.634. The second kappa shape index (κ2) is 6.97. The molecule has 1 aliphatic heterocycles. The maximum Gasteiger partial charge on any atom is 0.316 e. The highest BCUT2D eigenvalue weighted by atomic mass is 16.5. The SMILES string of the molecule is COc1ccc(OC(=O)[C@@H]2CC(=O)N(c3ccc(C)cc3C)C2)cc1. The van der Waals surface area contributed by atoms with Crippen molar-refractivity contribution in [1.29, 1.82) is 0 Å². The minimum atomic E-state index is -0.463. The van der Waals surface area contributed by atoms with E-state index in [0.29, 0.717) is 18.0 Å². The Labute approximate surface area is 147 Å². The van der Waals surface area contributed by atoms with Crippen molar-refractivity contribution in [1.82, 2.24) is 0 Å². The van der Waals surface area contributed by atoms with Crippen molar-refractivity contribution in [3.8, 4) is 11.5 Å². The van der Waals surface area contributed by atoms with E-state index in [2.05, 4.69) is 0 Å². The lowest BCUT2D eigenvalue weighted by Gasteiger charge is -2.19. The maximum atomic E-state index is 12.4. The van der Waals surface area contributed by atoms with Crippen LogP contribution in [0.15, 0.2) is 42.5 Å². The summed E-state index contributed by atoms with van der Waals surface area (Å²) in [5, 5.41) is 0. The number of amides is 1. The molecule has 1 atom stereocenters. The Hall–Kier alpha value is -2.82. The van der Waals surface area contributed by atoms with Crippen molar-refractivity contribution in [3.05, 3.63) is 53.6 Å². The summed E-state index contributed by atoms with van der Waals surface area (Å²) in [5.41, 5.74) is 3.02. The van der Waals surface area contributed by atoms with Gasteiger partial charge in [-0.15, -0.1) is 0 Å². The summed E-state index contributed by atoms with van der Waals surface area (Å²) in [6, 6.07) is 12.7. The summed E-state index contributed by atoms with van der Waals surface area (Å²) in [4.78, 5) is 26.4. The van der Waals surface area contributed by atoms with Crippen molar-refractivity contribution < 1.29 is 19.1 Å². The van der Waals surface area contributed by atoms with E-state index in [1.54, 1.807) is 36.3 Å². The van der Waals surface area contributed by atoms with Crippen molar-refractivity contribution in [2.45, 2.75) is 20.3 Å². The van der Waals surface area contributed by atoms with Crippen LogP contribution in [0.2, 0.25) is 0 Å². The summed E-state index contributed by atoms with van der Waals surface area (Å²) in [5.74, 6) is 0.241. The smallest absolute Gasteiger partial charge is 0.316 e. The number of carbonyl (C=O) groups excluding carboxylic acids is 2. The van der Waals surface area contributed by atoms with Gasteiger partial charge in [0.1, 0.15) is 11.5 Å². The standard InChI is InChI=1S/C20H21NO4/c1-13-4-9-18(14(2)10-13)21-12-15(11-19(21)22)20(23)25-17-7-5-16(24-3)6-8-17/h4-10,15H,11-12H2,1-3H3/t15-/m1/s1. The van der Waals surface area contributed by atoms with E-state index in [9.17, 15) is 9.59 Å². The Morgan fingerprint density at radius 2 is 1.76 bits per heavy atom. The summed E-state index contributed by atoms with van der Waals surface area (Å²) >= 11 is 0. The molecule has 0 saturated carbocycles. The van der Waals surface area contributed by atoms with E-state index < -0.39 is 5.92 Å². The lowest BCUT2D eigenvalue weighted by molar-refractivity contribution is -0.139. The van der Waals surface area contributed by atoms with E-state index in [-0.39, 0.29) is 18.3 Å². The Morgan fingerprint density at radius 1 is 1.08 bits per heavy atom. The molecule has 1 amide bonds. The number of carbonyl (C=O) groups is 2. The van der Waals surface area contributed by atoms with Crippen LogP contribution in [-0.4, -0.2) is 25.5 Å². The highest BCUT2D eigenvalue weighted by Crippen LogP contribution is 2.29. The van der Waals surface area contributed by atoms with Gasteiger partial charge in [-0.05, 0) is 49.7 Å². The molecule has 0 aromatic heterocycles. The first-order valence-electron chi connectivity index (χ1n) is 8.21. The summed E-state index contributed by atoms with van der Waals surface area (Å²) in [7, 11) is 1.58. The largest absolute Gasteiger partial charge is 0.497 e. The normalized spacial score (nSPS) is 16.8. The Kier molecular flexibility index (Phi) is 4.74. The number of nitrogens with zero attached hydrogens (tertiary/aromatic N) is 1. The number of esters is 1. The lowest BCUT2D eigenvalue weighted by Crippen LogP contribution is -2.27. The zero-order valence-electron chi connectivity index (χ0n) is 14.6. The molecule has 5 heteroatoms. The van der Waals surface area contributed by atoms with Gasteiger partial charge < -0.3 is 14.4 Å². The summed E-state index contributed by atoms with van der Waals surface area (Å²) in [6.07, 6.45) is 0.169. The number of hydrogen-bond acceptors (Lipinski definition) is 4. The molecule has 1 fully saturated rings. The topological polar surface area (TPSA) is 55.8 Å². The molecule has 0 bridgehead atoms. The number of methoxy groups -OCH3 is 1. The summed E-state index contributed by atoms with van der Waals surface area (Å²) < 4.78 is 10.5. The molecule has 1 heterocycles. The molecule has 2 aromatic rings. The minimum Gasteiger partial charge on any atom is -0.497 e. The van der Waals surface area contributed by atoms with Crippen molar-refractivity contribution in [2.24, 2.45) is 5.92 Å². The lowest BCUT2D eigenvalue weighted by atomic mass is 10.1. The van der Waals surface area contributed by atoms with E-state index in [1.165, 1.54) is 0 Å². The average molecular weight is 339 g/mol. The molecule has 25 heavy (non-hydrogen) atoms. The molecule has 0 N–H and O–H groups in total. The fourth-order valence-electron chi connectivity index (χ4n) is 3.05. The maximum absolute atomic E-state index is 12.4. The second-order valence-electron chi connectivity index (χ2n) is 6.29. The fourth-order valence-corrected chi connectivity index (χ4v) is 3.05. The van der Waals surface area contributed by atoms with Gasteiger partial charge in [0.15, 0.2) is 0 Å². The van der Waals surface area contributed by atoms with Gasteiger partial charge in [-0.1, -0.05) is 17.7 Å². The van der Waals surface area contributed by atoms with E-state index in [4.69, 9.17) is 9.47 Å². The third-order valence-electron chi connectivity index (χ3n) is 4.38. The van der Waals surface area contributed by atoms with Crippen LogP contribution in [0.1, 0.15) is 17.5 Å². The number of rotatable bonds is 4. The van der Waals surface area contributed by atoms with Crippen molar-refractivity contribution in [2.75, 3.05) is 18.6 Å². The second-order valence-corrected chi connectivity index (χ2v) is 6.29. The average Bonchev–Trinajstić information content (AvgIpc) is 2.97. The highest BCUT2D eigenvalue weighted by Gasteiger charge is 2.36. The Morgan fingerprint density at radius 3 is 2.40 bits per heavy atom. The molecular formula is C20H21NO4. The zero-order valence-corrected chi connectivity index (χ0v) is 14.6. The molecule has 5 nitrogen and oxygen atoms in total. The fraction of sp³-hybridized carbons (Fsp3) is 0.300. The van der Waals surface area contributed by atoms with Crippen LogP contribution in [0.4, 0.5) is 5.69 Å². The number of aryl methyl sites for hydroxylation is 2. The third kappa shape index (κ3) is 3.65. The first-order chi connectivity index (χ1) is 12.0. The predicted octanol–water partition coefficient (Wildman–Crippen LogP) is 3.27. The molecule has 2 aromatic carbocycles. The van der Waals surface area contributed by atoms with Gasteiger partial charge in [-0.2, -0.15) is 0 Å². The monoisotopic (exact) mass is 339 g/mol. The summed E-state index contributed by atoms with van der Waals surface area (Å²) in [6.45, 7) is 4.33. The molecular weight excluding hydrogens is 318 g/mol. The third-order valence-corrected chi connectivity index (χ3v) is 4.38. The van der Waals surface area contributed by atoms with Gasteiger partial charge in [0, 0.05) is 18.7 Å². The number of ether oxygens (including phenoxy) is 2. The van der Waals surface area contributed by atoms with Crippen molar-refractivity contribution in [3.63, 3.8) is 0 Å². The van der Waals surface area contributed by atoms with Crippen LogP contribution in [-0.2, 0) is 9.59 Å². The number of anilines is 1. The van der Waals surface area contributed by atoms with Gasteiger partial charge in [0.2, 0.25) is 5.91 Å². The first kappa shape index (κ1) is 17.0. The minimum absolute atomic E-state index is 0.0522. The van der Waals surface area contributed by atoms with Crippen LogP contribution in [0.3, 0.4) is 0 Å². The van der Waals surface area contributed by atoms with Crippen molar-refractivity contribution >= 4 is 17.6 Å². The zero-order chi connectivity index (χ0) is 18.0. The predicted molar refractivity (Wildman–Crippen MR) is 95.0 cm³/mol. The molecule has 3 rings (SSSR count). The molecule has 0 radical (unpaired) electrons. The van der Waals surface area contributed by atoms with Crippen LogP contribution in [0.25, 0.3) is 0 Å². The van der Waals surface area contributed by atoms with Crippen LogP contribution < -0.4 is 14.4 Å². The van der Waals surface area contributed by atoms with Gasteiger partial charge in [0.25, 0.3) is 0 Å². The molecule has 130 valence electrons. The molecule has 0 aliphatic carbocycles. The Bertz CT molecular complexity index is 798.